The summed E-state index contributed by atoms with van der Waals surface area (Å²) in [6.07, 6.45) is -1.17. The smallest absolute Gasteiger partial charge is 0.389 e. The van der Waals surface area contributed by atoms with Gasteiger partial charge in [-0.3, -0.25) is 0 Å². The molecule has 1 aliphatic carbocycles. The molecule has 0 saturated heterocycles. The Hall–Kier alpha value is -0.250. The van der Waals surface area contributed by atoms with E-state index in [1.54, 1.807) is 0 Å². The van der Waals surface area contributed by atoms with Gasteiger partial charge in [-0.15, -0.1) is 0 Å². The summed E-state index contributed by atoms with van der Waals surface area (Å²) in [5.41, 5.74) is -0.849. The minimum absolute atomic E-state index is 0.0464. The summed E-state index contributed by atoms with van der Waals surface area (Å²) in [5, 5.41) is 10.3. The van der Waals surface area contributed by atoms with E-state index in [0.29, 0.717) is 24.7 Å². The van der Waals surface area contributed by atoms with Crippen molar-refractivity contribution in [2.75, 3.05) is 0 Å². The molecule has 1 nitrogen and oxygen atoms in total. The van der Waals surface area contributed by atoms with Crippen LogP contribution < -0.4 is 0 Å². The van der Waals surface area contributed by atoms with Gasteiger partial charge < -0.3 is 5.11 Å². The Kier molecular flexibility index (Phi) is 4.87. The maximum Gasteiger partial charge on any atom is 0.389 e. The first-order valence-electron chi connectivity index (χ1n) is 6.51. The molecule has 1 rings (SSSR count). The zero-order valence-corrected chi connectivity index (χ0v) is 10.7. The highest BCUT2D eigenvalue weighted by Crippen LogP contribution is 2.39. The van der Waals surface area contributed by atoms with E-state index in [1.165, 1.54) is 0 Å². The molecule has 17 heavy (non-hydrogen) atoms. The fraction of sp³-hybridized carbons (Fsp3) is 1.00. The molecule has 0 amide bonds. The average Bonchev–Trinajstić information content (AvgIpc) is 2.15. The van der Waals surface area contributed by atoms with Crippen LogP contribution in [0.3, 0.4) is 0 Å². The standard InChI is InChI=1S/C13H23F3O/c1-10(2)11-5-3-6-12(17,9-11)7-4-8-13(14,15)16/h10-11,17H,3-9H2,1-2H3. The van der Waals surface area contributed by atoms with Crippen LogP contribution in [-0.2, 0) is 0 Å². The van der Waals surface area contributed by atoms with Crippen LogP contribution in [0.2, 0.25) is 0 Å². The molecule has 2 unspecified atom stereocenters. The molecule has 2 atom stereocenters. The number of aliphatic hydroxyl groups is 1. The molecule has 0 heterocycles. The van der Waals surface area contributed by atoms with Crippen LogP contribution in [0.25, 0.3) is 0 Å². The molecule has 102 valence electrons. The number of hydrogen-bond acceptors (Lipinski definition) is 1. The second kappa shape index (κ2) is 5.59. The van der Waals surface area contributed by atoms with E-state index in [9.17, 15) is 18.3 Å². The van der Waals surface area contributed by atoms with Gasteiger partial charge in [-0.1, -0.05) is 20.3 Å². The molecule has 1 N–H and O–H groups in total. The van der Waals surface area contributed by atoms with E-state index in [2.05, 4.69) is 13.8 Å². The third-order valence-electron chi connectivity index (χ3n) is 3.90. The first-order chi connectivity index (χ1) is 7.72. The van der Waals surface area contributed by atoms with Crippen molar-refractivity contribution >= 4 is 0 Å². The van der Waals surface area contributed by atoms with Gasteiger partial charge in [-0.25, -0.2) is 0 Å². The van der Waals surface area contributed by atoms with Gasteiger partial charge in [-0.05, 0) is 43.9 Å². The summed E-state index contributed by atoms with van der Waals surface area (Å²) in [6.45, 7) is 4.23. The minimum Gasteiger partial charge on any atom is -0.390 e. The highest BCUT2D eigenvalue weighted by Gasteiger charge is 2.36. The summed E-state index contributed by atoms with van der Waals surface area (Å²) < 4.78 is 36.2. The Morgan fingerprint density at radius 2 is 2.00 bits per heavy atom. The first-order valence-corrected chi connectivity index (χ1v) is 6.51. The van der Waals surface area contributed by atoms with Gasteiger partial charge in [0.25, 0.3) is 0 Å². The van der Waals surface area contributed by atoms with Gasteiger partial charge in [-0.2, -0.15) is 13.2 Å². The number of rotatable bonds is 4. The Labute approximate surface area is 101 Å². The molecule has 1 aliphatic rings. The summed E-state index contributed by atoms with van der Waals surface area (Å²) in [5.74, 6) is 0.962. The lowest BCUT2D eigenvalue weighted by Crippen LogP contribution is -2.37. The third kappa shape index (κ3) is 5.28. The van der Waals surface area contributed by atoms with Crippen LogP contribution in [0, 0.1) is 11.8 Å². The van der Waals surface area contributed by atoms with Crippen molar-refractivity contribution in [1.82, 2.24) is 0 Å². The quantitative estimate of drug-likeness (QED) is 0.791. The van der Waals surface area contributed by atoms with Gasteiger partial charge in [0.15, 0.2) is 0 Å². The van der Waals surface area contributed by atoms with Gasteiger partial charge in [0.1, 0.15) is 0 Å². The molecule has 0 aliphatic heterocycles. The number of alkyl halides is 3. The van der Waals surface area contributed by atoms with E-state index < -0.39 is 18.2 Å². The predicted octanol–water partition coefficient (Wildman–Crippen LogP) is 4.30. The van der Waals surface area contributed by atoms with E-state index >= 15 is 0 Å². The van der Waals surface area contributed by atoms with Crippen molar-refractivity contribution in [3.05, 3.63) is 0 Å². The van der Waals surface area contributed by atoms with Crippen molar-refractivity contribution in [2.24, 2.45) is 11.8 Å². The van der Waals surface area contributed by atoms with Crippen molar-refractivity contribution in [1.29, 1.82) is 0 Å². The number of hydrogen-bond donors (Lipinski definition) is 1. The lowest BCUT2D eigenvalue weighted by molar-refractivity contribution is -0.139. The molecule has 1 saturated carbocycles. The van der Waals surface area contributed by atoms with Gasteiger partial charge in [0.2, 0.25) is 0 Å². The summed E-state index contributed by atoms with van der Waals surface area (Å²) in [7, 11) is 0. The maximum atomic E-state index is 12.1. The molecular weight excluding hydrogens is 229 g/mol. The summed E-state index contributed by atoms with van der Waals surface area (Å²) in [4.78, 5) is 0. The minimum atomic E-state index is -4.09. The van der Waals surface area contributed by atoms with Crippen LogP contribution in [0.1, 0.15) is 58.8 Å². The fourth-order valence-electron chi connectivity index (χ4n) is 2.80. The predicted molar refractivity (Wildman–Crippen MR) is 61.7 cm³/mol. The van der Waals surface area contributed by atoms with E-state index in [4.69, 9.17) is 0 Å². The maximum absolute atomic E-state index is 12.1. The fourth-order valence-corrected chi connectivity index (χ4v) is 2.80. The van der Waals surface area contributed by atoms with Crippen molar-refractivity contribution < 1.29 is 18.3 Å². The van der Waals surface area contributed by atoms with E-state index in [1.807, 2.05) is 0 Å². The normalized spacial score (nSPS) is 30.9. The van der Waals surface area contributed by atoms with Gasteiger partial charge in [0, 0.05) is 6.42 Å². The topological polar surface area (TPSA) is 20.2 Å². The van der Waals surface area contributed by atoms with E-state index in [-0.39, 0.29) is 12.8 Å². The molecule has 0 radical (unpaired) electrons. The van der Waals surface area contributed by atoms with Crippen molar-refractivity contribution in [3.8, 4) is 0 Å². The van der Waals surface area contributed by atoms with Crippen LogP contribution >= 0.6 is 0 Å². The zero-order valence-electron chi connectivity index (χ0n) is 10.7. The van der Waals surface area contributed by atoms with Gasteiger partial charge in [0.05, 0.1) is 5.60 Å². The summed E-state index contributed by atoms with van der Waals surface area (Å²) >= 11 is 0. The average molecular weight is 252 g/mol. The van der Waals surface area contributed by atoms with Crippen molar-refractivity contribution in [2.45, 2.75) is 70.6 Å². The molecular formula is C13H23F3O. The second-order valence-corrected chi connectivity index (χ2v) is 5.79. The van der Waals surface area contributed by atoms with Gasteiger partial charge >= 0.3 is 6.18 Å². The second-order valence-electron chi connectivity index (χ2n) is 5.79. The van der Waals surface area contributed by atoms with Crippen LogP contribution in [0.4, 0.5) is 13.2 Å². The molecule has 0 aromatic heterocycles. The molecule has 0 aromatic rings. The zero-order chi connectivity index (χ0) is 13.1. The largest absolute Gasteiger partial charge is 0.390 e. The highest BCUT2D eigenvalue weighted by molar-refractivity contribution is 4.87. The first kappa shape index (κ1) is 14.8. The third-order valence-corrected chi connectivity index (χ3v) is 3.90. The molecule has 0 spiro atoms. The molecule has 0 bridgehead atoms. The monoisotopic (exact) mass is 252 g/mol. The summed E-state index contributed by atoms with van der Waals surface area (Å²) in [6, 6.07) is 0. The Morgan fingerprint density at radius 3 is 2.53 bits per heavy atom. The lowest BCUT2D eigenvalue weighted by Gasteiger charge is -2.38. The Bertz CT molecular complexity index is 237. The molecule has 0 aromatic carbocycles. The SMILES string of the molecule is CC(C)C1CCCC(O)(CCCC(F)(F)F)C1. The molecule has 4 heteroatoms. The van der Waals surface area contributed by atoms with Crippen molar-refractivity contribution in [3.63, 3.8) is 0 Å². The lowest BCUT2D eigenvalue weighted by atomic mass is 9.72. The van der Waals surface area contributed by atoms with E-state index in [0.717, 1.165) is 12.8 Å². The van der Waals surface area contributed by atoms with Crippen LogP contribution in [-0.4, -0.2) is 16.9 Å². The Morgan fingerprint density at radius 1 is 1.35 bits per heavy atom. The van der Waals surface area contributed by atoms with Crippen LogP contribution in [0.5, 0.6) is 0 Å². The Balaban J connectivity index is 2.40. The number of halogens is 3. The molecule has 1 fully saturated rings. The highest BCUT2D eigenvalue weighted by atomic mass is 19.4. The van der Waals surface area contributed by atoms with Crippen LogP contribution in [0.15, 0.2) is 0 Å².